The molecule has 0 amide bonds. The normalized spacial score (nSPS) is 10.8. The quantitative estimate of drug-likeness (QED) is 0.455. The summed E-state index contributed by atoms with van der Waals surface area (Å²) in [6, 6.07) is 18.2. The minimum atomic E-state index is 0.395. The third-order valence-electron chi connectivity index (χ3n) is 4.87. The summed E-state index contributed by atoms with van der Waals surface area (Å²) in [6.07, 6.45) is 2.41. The van der Waals surface area contributed by atoms with Crippen molar-refractivity contribution in [3.63, 3.8) is 0 Å². The summed E-state index contributed by atoms with van der Waals surface area (Å²) in [5.74, 6) is 1.75. The molecule has 3 aromatic rings. The SMILES string of the molecule is COCCNCc1ccc(Cc2nccc(-c3ccc(OCC(C)C)c(C#N)c3)n2)cc1. The largest absolute Gasteiger partial charge is 0.492 e. The Morgan fingerprint density at radius 2 is 1.84 bits per heavy atom. The second-order valence-corrected chi connectivity index (χ2v) is 8.05. The fraction of sp³-hybridized carbons (Fsp3) is 0.346. The average molecular weight is 431 g/mol. The minimum absolute atomic E-state index is 0.395. The van der Waals surface area contributed by atoms with Crippen molar-refractivity contribution in [1.82, 2.24) is 15.3 Å². The van der Waals surface area contributed by atoms with E-state index in [1.54, 1.807) is 13.3 Å². The van der Waals surface area contributed by atoms with E-state index in [-0.39, 0.29) is 0 Å². The Kier molecular flexibility index (Phi) is 8.73. The third-order valence-corrected chi connectivity index (χ3v) is 4.87. The summed E-state index contributed by atoms with van der Waals surface area (Å²) in [7, 11) is 1.70. The fourth-order valence-corrected chi connectivity index (χ4v) is 3.17. The number of rotatable bonds is 11. The summed E-state index contributed by atoms with van der Waals surface area (Å²) >= 11 is 0. The van der Waals surface area contributed by atoms with Crippen molar-refractivity contribution in [3.8, 4) is 23.1 Å². The molecule has 32 heavy (non-hydrogen) atoms. The molecule has 6 heteroatoms. The summed E-state index contributed by atoms with van der Waals surface area (Å²) in [6.45, 7) is 7.08. The lowest BCUT2D eigenvalue weighted by atomic mass is 10.1. The number of benzene rings is 2. The van der Waals surface area contributed by atoms with E-state index in [4.69, 9.17) is 14.5 Å². The molecular weight excluding hydrogens is 400 g/mol. The molecule has 0 unspecified atom stereocenters. The van der Waals surface area contributed by atoms with E-state index < -0.39 is 0 Å². The summed E-state index contributed by atoms with van der Waals surface area (Å²) in [5, 5.41) is 12.9. The number of methoxy groups -OCH3 is 1. The first-order chi connectivity index (χ1) is 15.6. The van der Waals surface area contributed by atoms with Crippen LogP contribution in [0.25, 0.3) is 11.3 Å². The third kappa shape index (κ3) is 6.88. The van der Waals surface area contributed by atoms with Gasteiger partial charge in [-0.1, -0.05) is 38.1 Å². The molecule has 1 aromatic heterocycles. The average Bonchev–Trinajstić information content (AvgIpc) is 2.81. The molecule has 0 aliphatic rings. The molecule has 0 spiro atoms. The molecule has 2 aromatic carbocycles. The maximum absolute atomic E-state index is 9.53. The van der Waals surface area contributed by atoms with Crippen molar-refractivity contribution >= 4 is 0 Å². The molecular formula is C26H30N4O2. The zero-order valence-electron chi connectivity index (χ0n) is 19.0. The molecule has 0 fully saturated rings. The van der Waals surface area contributed by atoms with Crippen LogP contribution in [0.3, 0.4) is 0 Å². The first-order valence-corrected chi connectivity index (χ1v) is 10.9. The van der Waals surface area contributed by atoms with Crippen LogP contribution in [-0.2, 0) is 17.7 Å². The van der Waals surface area contributed by atoms with Gasteiger partial charge in [0.1, 0.15) is 17.6 Å². The zero-order chi connectivity index (χ0) is 22.8. The molecule has 0 saturated heterocycles. The van der Waals surface area contributed by atoms with Crippen LogP contribution >= 0.6 is 0 Å². The van der Waals surface area contributed by atoms with Crippen molar-refractivity contribution in [2.24, 2.45) is 5.92 Å². The first kappa shape index (κ1) is 23.4. The highest BCUT2D eigenvalue weighted by Crippen LogP contribution is 2.26. The molecule has 0 aliphatic carbocycles. The highest BCUT2D eigenvalue weighted by molar-refractivity contribution is 5.64. The topological polar surface area (TPSA) is 80.1 Å². The second kappa shape index (κ2) is 11.9. The van der Waals surface area contributed by atoms with Crippen LogP contribution in [0.5, 0.6) is 5.75 Å². The van der Waals surface area contributed by atoms with Gasteiger partial charge in [-0.05, 0) is 41.3 Å². The van der Waals surface area contributed by atoms with Gasteiger partial charge in [0.2, 0.25) is 0 Å². The van der Waals surface area contributed by atoms with Gasteiger partial charge in [0.15, 0.2) is 0 Å². The van der Waals surface area contributed by atoms with E-state index >= 15 is 0 Å². The summed E-state index contributed by atoms with van der Waals surface area (Å²) in [4.78, 5) is 9.16. The van der Waals surface area contributed by atoms with Crippen molar-refractivity contribution in [1.29, 1.82) is 5.26 Å². The number of hydrogen-bond donors (Lipinski definition) is 1. The van der Waals surface area contributed by atoms with Gasteiger partial charge in [-0.25, -0.2) is 9.97 Å². The predicted molar refractivity (Wildman–Crippen MR) is 125 cm³/mol. The molecule has 0 saturated carbocycles. The van der Waals surface area contributed by atoms with Gasteiger partial charge in [0.05, 0.1) is 24.5 Å². The Bertz CT molecular complexity index is 1040. The van der Waals surface area contributed by atoms with Crippen LogP contribution < -0.4 is 10.1 Å². The van der Waals surface area contributed by atoms with Crippen LogP contribution in [0.15, 0.2) is 54.7 Å². The lowest BCUT2D eigenvalue weighted by molar-refractivity contribution is 0.199. The smallest absolute Gasteiger partial charge is 0.137 e. The van der Waals surface area contributed by atoms with Gasteiger partial charge in [-0.2, -0.15) is 5.26 Å². The number of ether oxygens (including phenoxy) is 2. The molecule has 0 radical (unpaired) electrons. The number of nitrogens with one attached hydrogen (secondary N) is 1. The van der Waals surface area contributed by atoms with Crippen molar-refractivity contribution < 1.29 is 9.47 Å². The highest BCUT2D eigenvalue weighted by atomic mass is 16.5. The Morgan fingerprint density at radius 3 is 2.56 bits per heavy atom. The summed E-state index contributed by atoms with van der Waals surface area (Å²) < 4.78 is 10.8. The van der Waals surface area contributed by atoms with Gasteiger partial charge < -0.3 is 14.8 Å². The van der Waals surface area contributed by atoms with Crippen LogP contribution in [-0.4, -0.2) is 36.8 Å². The number of hydrogen-bond acceptors (Lipinski definition) is 6. The van der Waals surface area contributed by atoms with Gasteiger partial charge in [-0.3, -0.25) is 0 Å². The maximum Gasteiger partial charge on any atom is 0.137 e. The van der Waals surface area contributed by atoms with Crippen molar-refractivity contribution in [3.05, 3.63) is 77.2 Å². The maximum atomic E-state index is 9.53. The van der Waals surface area contributed by atoms with E-state index in [0.29, 0.717) is 36.9 Å². The van der Waals surface area contributed by atoms with Gasteiger partial charge >= 0.3 is 0 Å². The highest BCUT2D eigenvalue weighted by Gasteiger charge is 2.09. The Balaban J connectivity index is 1.68. The molecule has 0 aliphatic heterocycles. The van der Waals surface area contributed by atoms with E-state index in [0.717, 1.165) is 35.7 Å². The lowest BCUT2D eigenvalue weighted by Crippen LogP contribution is -2.18. The molecule has 166 valence electrons. The van der Waals surface area contributed by atoms with E-state index in [2.05, 4.69) is 54.5 Å². The zero-order valence-corrected chi connectivity index (χ0v) is 19.0. The fourth-order valence-electron chi connectivity index (χ4n) is 3.17. The molecule has 1 N–H and O–H groups in total. The lowest BCUT2D eigenvalue weighted by Gasteiger charge is -2.11. The predicted octanol–water partition coefficient (Wildman–Crippen LogP) is 4.38. The number of nitrogens with zero attached hydrogens (tertiary/aromatic N) is 3. The van der Waals surface area contributed by atoms with Crippen LogP contribution in [0, 0.1) is 17.2 Å². The van der Waals surface area contributed by atoms with Crippen LogP contribution in [0.1, 0.15) is 36.4 Å². The van der Waals surface area contributed by atoms with Gasteiger partial charge in [0, 0.05) is 38.4 Å². The first-order valence-electron chi connectivity index (χ1n) is 10.9. The Labute approximate surface area is 190 Å². The molecule has 3 rings (SSSR count). The van der Waals surface area contributed by atoms with Crippen LogP contribution in [0.4, 0.5) is 0 Å². The molecule has 0 atom stereocenters. The number of aromatic nitrogens is 2. The second-order valence-electron chi connectivity index (χ2n) is 8.05. The molecule has 0 bridgehead atoms. The van der Waals surface area contributed by atoms with Crippen molar-refractivity contribution in [2.75, 3.05) is 26.9 Å². The summed E-state index contributed by atoms with van der Waals surface area (Å²) in [5.41, 5.74) is 4.56. The Hall–Kier alpha value is -3.27. The molecule has 6 nitrogen and oxygen atoms in total. The molecule has 1 heterocycles. The number of nitriles is 1. The van der Waals surface area contributed by atoms with E-state index in [1.807, 2.05) is 24.3 Å². The standard InChI is InChI=1S/C26H30N4O2/c1-19(2)18-32-25-9-8-22(15-23(25)16-27)24-10-11-29-26(30-24)14-20-4-6-21(7-5-20)17-28-12-13-31-3/h4-11,15,19,28H,12-14,17-18H2,1-3H3. The van der Waals surface area contributed by atoms with Crippen LogP contribution in [0.2, 0.25) is 0 Å². The Morgan fingerprint density at radius 1 is 1.06 bits per heavy atom. The van der Waals surface area contributed by atoms with E-state index in [9.17, 15) is 5.26 Å². The van der Waals surface area contributed by atoms with Crippen molar-refractivity contribution in [2.45, 2.75) is 26.8 Å². The van der Waals surface area contributed by atoms with Gasteiger partial charge in [-0.15, -0.1) is 0 Å². The van der Waals surface area contributed by atoms with Gasteiger partial charge in [0.25, 0.3) is 0 Å². The van der Waals surface area contributed by atoms with E-state index in [1.165, 1.54) is 5.56 Å². The minimum Gasteiger partial charge on any atom is -0.492 e. The monoisotopic (exact) mass is 430 g/mol.